The smallest absolute Gasteiger partial charge is 0.326 e. The summed E-state index contributed by atoms with van der Waals surface area (Å²) in [5.74, 6) is -1.66. The highest BCUT2D eigenvalue weighted by Crippen LogP contribution is 2.25. The first-order chi connectivity index (χ1) is 10.4. The molecule has 1 aliphatic rings. The molecule has 5 nitrogen and oxygen atoms in total. The standard InChI is InChI=1S/C16H20FNO4/c1-10(11-3-5-12(17)6-4-11)7-15(19)18-9-13(22-2)8-14(18)16(20)21/h3-6,10,13-14H,7-9H2,1-2H3,(H,20,21). The Morgan fingerprint density at radius 1 is 1.41 bits per heavy atom. The molecule has 3 unspecified atom stereocenters. The van der Waals surface area contributed by atoms with E-state index in [2.05, 4.69) is 0 Å². The molecule has 1 amide bonds. The first kappa shape index (κ1) is 16.4. The number of ether oxygens (including phenoxy) is 1. The molecule has 0 bridgehead atoms. The lowest BCUT2D eigenvalue weighted by Gasteiger charge is -2.23. The van der Waals surface area contributed by atoms with Crippen LogP contribution in [-0.4, -0.2) is 47.7 Å². The molecular formula is C16H20FNO4. The Morgan fingerprint density at radius 3 is 2.59 bits per heavy atom. The van der Waals surface area contributed by atoms with Crippen LogP contribution in [0.2, 0.25) is 0 Å². The van der Waals surface area contributed by atoms with Gasteiger partial charge in [-0.2, -0.15) is 0 Å². The van der Waals surface area contributed by atoms with Gasteiger partial charge in [-0.15, -0.1) is 0 Å². The van der Waals surface area contributed by atoms with E-state index in [1.54, 1.807) is 12.1 Å². The lowest BCUT2D eigenvalue weighted by atomic mass is 9.97. The molecule has 120 valence electrons. The second kappa shape index (κ2) is 6.87. The van der Waals surface area contributed by atoms with E-state index in [0.29, 0.717) is 13.0 Å². The number of hydrogen-bond acceptors (Lipinski definition) is 3. The zero-order chi connectivity index (χ0) is 16.3. The fraction of sp³-hybridized carbons (Fsp3) is 0.500. The maximum atomic E-state index is 12.9. The third-order valence-corrected chi connectivity index (χ3v) is 4.12. The van der Waals surface area contributed by atoms with Gasteiger partial charge in [0.05, 0.1) is 6.10 Å². The van der Waals surface area contributed by atoms with Crippen LogP contribution in [0.1, 0.15) is 31.2 Å². The van der Waals surface area contributed by atoms with Crippen LogP contribution in [0.25, 0.3) is 0 Å². The van der Waals surface area contributed by atoms with Crippen LogP contribution in [0.4, 0.5) is 4.39 Å². The van der Waals surface area contributed by atoms with Gasteiger partial charge in [0.2, 0.25) is 5.91 Å². The highest BCUT2D eigenvalue weighted by Gasteiger charge is 2.39. The Morgan fingerprint density at radius 2 is 2.05 bits per heavy atom. The van der Waals surface area contributed by atoms with Gasteiger partial charge in [0.1, 0.15) is 11.9 Å². The molecule has 22 heavy (non-hydrogen) atoms. The molecule has 0 saturated carbocycles. The van der Waals surface area contributed by atoms with E-state index in [9.17, 15) is 19.1 Å². The summed E-state index contributed by atoms with van der Waals surface area (Å²) in [6.45, 7) is 2.16. The molecule has 1 heterocycles. The van der Waals surface area contributed by atoms with Gasteiger partial charge in [-0.3, -0.25) is 4.79 Å². The average molecular weight is 309 g/mol. The van der Waals surface area contributed by atoms with E-state index in [4.69, 9.17) is 4.74 Å². The predicted molar refractivity (Wildman–Crippen MR) is 78.0 cm³/mol. The number of nitrogens with zero attached hydrogens (tertiary/aromatic N) is 1. The molecule has 1 aromatic rings. The van der Waals surface area contributed by atoms with Crippen LogP contribution in [0.3, 0.4) is 0 Å². The Hall–Kier alpha value is -1.95. The van der Waals surface area contributed by atoms with Gasteiger partial charge in [0, 0.05) is 26.5 Å². The van der Waals surface area contributed by atoms with E-state index in [1.807, 2.05) is 6.92 Å². The molecule has 2 rings (SSSR count). The van der Waals surface area contributed by atoms with E-state index in [-0.39, 0.29) is 30.2 Å². The van der Waals surface area contributed by atoms with Crippen LogP contribution in [0.5, 0.6) is 0 Å². The number of carboxylic acids is 1. The number of amides is 1. The Bertz CT molecular complexity index is 546. The summed E-state index contributed by atoms with van der Waals surface area (Å²) in [5.41, 5.74) is 0.851. The highest BCUT2D eigenvalue weighted by atomic mass is 19.1. The Kier molecular flexibility index (Phi) is 5.13. The van der Waals surface area contributed by atoms with Gasteiger partial charge in [-0.1, -0.05) is 19.1 Å². The molecule has 0 aromatic heterocycles. The molecule has 1 aromatic carbocycles. The molecule has 1 fully saturated rings. The SMILES string of the molecule is COC1CC(C(=O)O)N(C(=O)CC(C)c2ccc(F)cc2)C1. The van der Waals surface area contributed by atoms with Crippen molar-refractivity contribution in [2.24, 2.45) is 0 Å². The lowest BCUT2D eigenvalue weighted by Crippen LogP contribution is -2.41. The maximum absolute atomic E-state index is 12.9. The van der Waals surface area contributed by atoms with Crippen molar-refractivity contribution in [2.75, 3.05) is 13.7 Å². The first-order valence-electron chi connectivity index (χ1n) is 7.23. The number of carbonyl (C=O) groups is 2. The molecule has 1 saturated heterocycles. The molecule has 1 N–H and O–H groups in total. The van der Waals surface area contributed by atoms with Crippen molar-refractivity contribution in [3.8, 4) is 0 Å². The van der Waals surface area contributed by atoms with Gasteiger partial charge in [0.25, 0.3) is 0 Å². The van der Waals surface area contributed by atoms with Crippen molar-refractivity contribution in [1.29, 1.82) is 0 Å². The number of carbonyl (C=O) groups excluding carboxylic acids is 1. The number of rotatable bonds is 5. The third-order valence-electron chi connectivity index (χ3n) is 4.12. The zero-order valence-electron chi connectivity index (χ0n) is 12.7. The van der Waals surface area contributed by atoms with Crippen molar-refractivity contribution in [2.45, 2.75) is 37.8 Å². The fourth-order valence-electron chi connectivity index (χ4n) is 2.77. The normalized spacial score (nSPS) is 22.6. The number of likely N-dealkylation sites (tertiary alicyclic amines) is 1. The van der Waals surface area contributed by atoms with Crippen molar-refractivity contribution in [3.05, 3.63) is 35.6 Å². The number of carboxylic acid groups (broad SMARTS) is 1. The molecule has 0 spiro atoms. The van der Waals surface area contributed by atoms with E-state index >= 15 is 0 Å². The minimum atomic E-state index is -1.01. The Balaban J connectivity index is 2.04. The topological polar surface area (TPSA) is 66.8 Å². The fourth-order valence-corrected chi connectivity index (χ4v) is 2.77. The van der Waals surface area contributed by atoms with Crippen molar-refractivity contribution >= 4 is 11.9 Å². The monoisotopic (exact) mass is 309 g/mol. The summed E-state index contributed by atoms with van der Waals surface area (Å²) < 4.78 is 18.1. The van der Waals surface area contributed by atoms with Gasteiger partial charge in [0.15, 0.2) is 0 Å². The Labute approximate surface area is 128 Å². The van der Waals surface area contributed by atoms with E-state index in [0.717, 1.165) is 5.56 Å². The van der Waals surface area contributed by atoms with Gasteiger partial charge < -0.3 is 14.7 Å². The number of benzene rings is 1. The van der Waals surface area contributed by atoms with Gasteiger partial charge in [-0.25, -0.2) is 9.18 Å². The van der Waals surface area contributed by atoms with Crippen molar-refractivity contribution in [1.82, 2.24) is 4.90 Å². The van der Waals surface area contributed by atoms with Gasteiger partial charge >= 0.3 is 5.97 Å². The number of hydrogen-bond donors (Lipinski definition) is 1. The molecule has 6 heteroatoms. The predicted octanol–water partition coefficient (Wildman–Crippen LogP) is 2.02. The number of aliphatic carboxylic acids is 1. The van der Waals surface area contributed by atoms with Crippen molar-refractivity contribution < 1.29 is 23.8 Å². The summed E-state index contributed by atoms with van der Waals surface area (Å²) >= 11 is 0. The third kappa shape index (κ3) is 3.62. The molecule has 1 aliphatic heterocycles. The summed E-state index contributed by atoms with van der Waals surface area (Å²) in [7, 11) is 1.51. The van der Waals surface area contributed by atoms with Crippen LogP contribution >= 0.6 is 0 Å². The van der Waals surface area contributed by atoms with Crippen LogP contribution < -0.4 is 0 Å². The highest BCUT2D eigenvalue weighted by molar-refractivity contribution is 5.84. The zero-order valence-corrected chi connectivity index (χ0v) is 12.7. The molecule has 3 atom stereocenters. The average Bonchev–Trinajstić information content (AvgIpc) is 2.92. The van der Waals surface area contributed by atoms with Crippen LogP contribution in [0, 0.1) is 5.82 Å². The maximum Gasteiger partial charge on any atom is 0.326 e. The second-order valence-corrected chi connectivity index (χ2v) is 5.65. The summed E-state index contributed by atoms with van der Waals surface area (Å²) in [6, 6.07) is 5.16. The van der Waals surface area contributed by atoms with Crippen LogP contribution in [-0.2, 0) is 14.3 Å². The molecular weight excluding hydrogens is 289 g/mol. The summed E-state index contributed by atoms with van der Waals surface area (Å²) in [4.78, 5) is 25.1. The quantitative estimate of drug-likeness (QED) is 0.903. The molecule has 0 radical (unpaired) electrons. The first-order valence-corrected chi connectivity index (χ1v) is 7.23. The van der Waals surface area contributed by atoms with E-state index < -0.39 is 12.0 Å². The number of methoxy groups -OCH3 is 1. The lowest BCUT2D eigenvalue weighted by molar-refractivity contribution is -0.148. The van der Waals surface area contributed by atoms with Crippen molar-refractivity contribution in [3.63, 3.8) is 0 Å². The summed E-state index contributed by atoms with van der Waals surface area (Å²) in [5, 5.41) is 9.24. The number of halogens is 1. The largest absolute Gasteiger partial charge is 0.480 e. The minimum absolute atomic E-state index is 0.107. The van der Waals surface area contributed by atoms with Gasteiger partial charge in [-0.05, 0) is 23.6 Å². The second-order valence-electron chi connectivity index (χ2n) is 5.65. The molecule has 0 aliphatic carbocycles. The van der Waals surface area contributed by atoms with E-state index in [1.165, 1.54) is 24.1 Å². The summed E-state index contributed by atoms with van der Waals surface area (Å²) in [6.07, 6.45) is 0.250. The van der Waals surface area contributed by atoms with Crippen LogP contribution in [0.15, 0.2) is 24.3 Å². The minimum Gasteiger partial charge on any atom is -0.480 e.